The van der Waals surface area contributed by atoms with Crippen LogP contribution in [0.25, 0.3) is 10.9 Å². The minimum absolute atomic E-state index is 0.0938. The average Bonchev–Trinajstić information content (AvgIpc) is 3.31. The summed E-state index contributed by atoms with van der Waals surface area (Å²) in [5.74, 6) is 0.500. The number of pyridine rings is 1. The van der Waals surface area contributed by atoms with Gasteiger partial charge in [0.15, 0.2) is 0 Å². The summed E-state index contributed by atoms with van der Waals surface area (Å²) in [6.45, 7) is 2.98. The molecule has 0 unspecified atom stereocenters. The molecule has 1 aliphatic rings. The molecule has 0 spiro atoms. The molecule has 1 amide bonds. The van der Waals surface area contributed by atoms with Gasteiger partial charge in [-0.05, 0) is 31.4 Å². The van der Waals surface area contributed by atoms with Crippen molar-refractivity contribution >= 4 is 22.6 Å². The molecule has 2 N–H and O–H groups in total. The Hall–Kier alpha value is -2.10. The highest BCUT2D eigenvalue weighted by molar-refractivity contribution is 6.07. The second-order valence-electron chi connectivity index (χ2n) is 5.70. The van der Waals surface area contributed by atoms with Crippen molar-refractivity contribution in [2.45, 2.75) is 38.6 Å². The molecule has 21 heavy (non-hydrogen) atoms. The van der Waals surface area contributed by atoms with Gasteiger partial charge >= 0.3 is 0 Å². The molecule has 2 aromatic rings. The molecular weight excluding hydrogens is 262 g/mol. The largest absolute Gasteiger partial charge is 0.384 e. The maximum absolute atomic E-state index is 12.9. The van der Waals surface area contributed by atoms with Gasteiger partial charge in [-0.25, -0.2) is 4.98 Å². The monoisotopic (exact) mass is 283 g/mol. The predicted octanol–water partition coefficient (Wildman–Crippen LogP) is 3.22. The molecular formula is C17H21N3O. The molecule has 3 rings (SSSR count). The van der Waals surface area contributed by atoms with Crippen molar-refractivity contribution in [3.63, 3.8) is 0 Å². The van der Waals surface area contributed by atoms with Crippen molar-refractivity contribution in [1.29, 1.82) is 0 Å². The number of nitrogens with two attached hydrogens (primary N) is 1. The molecule has 0 radical (unpaired) electrons. The average molecular weight is 283 g/mol. The lowest BCUT2D eigenvalue weighted by atomic mass is 10.1. The number of hydrogen-bond acceptors (Lipinski definition) is 3. The number of nitrogens with zero attached hydrogens (tertiary/aromatic N) is 2. The highest BCUT2D eigenvalue weighted by Gasteiger charge is 2.33. The fraction of sp³-hybridized carbons (Fsp3) is 0.412. The summed E-state index contributed by atoms with van der Waals surface area (Å²) in [7, 11) is 0. The van der Waals surface area contributed by atoms with Crippen molar-refractivity contribution in [2.75, 3.05) is 12.3 Å². The van der Waals surface area contributed by atoms with E-state index in [0.717, 1.165) is 43.1 Å². The number of para-hydroxylation sites is 1. The summed E-state index contributed by atoms with van der Waals surface area (Å²) in [6.07, 6.45) is 4.37. The number of carbonyl (C=O) groups is 1. The van der Waals surface area contributed by atoms with Crippen molar-refractivity contribution in [1.82, 2.24) is 9.88 Å². The summed E-state index contributed by atoms with van der Waals surface area (Å²) in [5, 5.41) is 0.888. The highest BCUT2D eigenvalue weighted by Crippen LogP contribution is 2.30. The maximum Gasteiger partial charge on any atom is 0.254 e. The minimum Gasteiger partial charge on any atom is -0.384 e. The standard InChI is InChI=1S/C17H21N3O/c1-2-3-10-20(12-8-9-12)17(21)14-11-16(18)19-15-7-5-4-6-13(14)15/h4-7,11-12H,2-3,8-10H2,1H3,(H2,18,19). The summed E-state index contributed by atoms with van der Waals surface area (Å²) in [4.78, 5) is 19.3. The van der Waals surface area contributed by atoms with Crippen molar-refractivity contribution in [3.8, 4) is 0 Å². The Balaban J connectivity index is 1.99. The van der Waals surface area contributed by atoms with Gasteiger partial charge in [-0.3, -0.25) is 4.79 Å². The normalized spacial score (nSPS) is 14.3. The van der Waals surface area contributed by atoms with Crippen molar-refractivity contribution in [3.05, 3.63) is 35.9 Å². The van der Waals surface area contributed by atoms with Crippen LogP contribution in [0.3, 0.4) is 0 Å². The summed E-state index contributed by atoms with van der Waals surface area (Å²) in [6, 6.07) is 9.82. The van der Waals surface area contributed by atoms with Gasteiger partial charge in [0, 0.05) is 18.0 Å². The summed E-state index contributed by atoms with van der Waals surface area (Å²) >= 11 is 0. The van der Waals surface area contributed by atoms with Crippen LogP contribution in [0.2, 0.25) is 0 Å². The van der Waals surface area contributed by atoms with Gasteiger partial charge in [-0.2, -0.15) is 0 Å². The Labute approximate surface area is 125 Å². The van der Waals surface area contributed by atoms with E-state index in [1.165, 1.54) is 0 Å². The van der Waals surface area contributed by atoms with Crippen LogP contribution in [-0.2, 0) is 0 Å². The number of hydrogen-bond donors (Lipinski definition) is 1. The van der Waals surface area contributed by atoms with E-state index in [4.69, 9.17) is 5.73 Å². The number of fused-ring (bicyclic) bond motifs is 1. The van der Waals surface area contributed by atoms with Crippen LogP contribution in [0.1, 0.15) is 43.0 Å². The van der Waals surface area contributed by atoms with E-state index in [0.29, 0.717) is 17.4 Å². The Morgan fingerprint density at radius 3 is 2.86 bits per heavy atom. The molecule has 1 fully saturated rings. The van der Waals surface area contributed by atoms with Gasteiger partial charge in [-0.15, -0.1) is 0 Å². The topological polar surface area (TPSA) is 59.2 Å². The fourth-order valence-electron chi connectivity index (χ4n) is 2.69. The van der Waals surface area contributed by atoms with E-state index < -0.39 is 0 Å². The Morgan fingerprint density at radius 1 is 1.38 bits per heavy atom. The molecule has 110 valence electrons. The van der Waals surface area contributed by atoms with Crippen LogP contribution in [-0.4, -0.2) is 28.4 Å². The van der Waals surface area contributed by atoms with E-state index in [1.54, 1.807) is 6.07 Å². The molecule has 4 nitrogen and oxygen atoms in total. The zero-order valence-electron chi connectivity index (χ0n) is 12.4. The number of amides is 1. The number of aromatic nitrogens is 1. The zero-order valence-corrected chi connectivity index (χ0v) is 12.4. The number of unbranched alkanes of at least 4 members (excludes halogenated alkanes) is 1. The third-order valence-electron chi connectivity index (χ3n) is 3.97. The second kappa shape index (κ2) is 5.72. The number of carbonyl (C=O) groups excluding carboxylic acids is 1. The van der Waals surface area contributed by atoms with Gasteiger partial charge in [-0.1, -0.05) is 31.5 Å². The lowest BCUT2D eigenvalue weighted by molar-refractivity contribution is 0.0742. The SMILES string of the molecule is CCCCN(C(=O)c1cc(N)nc2ccccc12)C1CC1. The Kier molecular flexibility index (Phi) is 3.78. The van der Waals surface area contributed by atoms with Crippen molar-refractivity contribution < 1.29 is 4.79 Å². The molecule has 0 atom stereocenters. The summed E-state index contributed by atoms with van der Waals surface area (Å²) < 4.78 is 0. The minimum atomic E-state index is 0.0938. The first-order chi connectivity index (χ1) is 10.2. The van der Waals surface area contributed by atoms with Crippen LogP contribution >= 0.6 is 0 Å². The Morgan fingerprint density at radius 2 is 2.14 bits per heavy atom. The summed E-state index contributed by atoms with van der Waals surface area (Å²) in [5.41, 5.74) is 7.34. The fourth-order valence-corrected chi connectivity index (χ4v) is 2.69. The van der Waals surface area contributed by atoms with Gasteiger partial charge in [0.1, 0.15) is 5.82 Å². The maximum atomic E-state index is 12.9. The van der Waals surface area contributed by atoms with Crippen molar-refractivity contribution in [2.24, 2.45) is 0 Å². The second-order valence-corrected chi connectivity index (χ2v) is 5.70. The molecule has 1 saturated carbocycles. The highest BCUT2D eigenvalue weighted by atomic mass is 16.2. The van der Waals surface area contributed by atoms with Crippen LogP contribution < -0.4 is 5.73 Å². The van der Waals surface area contributed by atoms with E-state index in [-0.39, 0.29) is 5.91 Å². The molecule has 1 aromatic heterocycles. The lowest BCUT2D eigenvalue weighted by Crippen LogP contribution is -2.34. The first-order valence-corrected chi connectivity index (χ1v) is 7.67. The van der Waals surface area contributed by atoms with E-state index in [1.807, 2.05) is 29.2 Å². The van der Waals surface area contributed by atoms with Crippen LogP contribution in [0.15, 0.2) is 30.3 Å². The number of nitrogen functional groups attached to an aromatic ring is 1. The first kappa shape index (κ1) is 13.9. The number of rotatable bonds is 5. The third kappa shape index (κ3) is 2.84. The smallest absolute Gasteiger partial charge is 0.254 e. The number of benzene rings is 1. The molecule has 1 heterocycles. The molecule has 0 aliphatic heterocycles. The van der Waals surface area contributed by atoms with Crippen LogP contribution in [0, 0.1) is 0 Å². The van der Waals surface area contributed by atoms with Gasteiger partial charge in [0.05, 0.1) is 11.1 Å². The number of anilines is 1. The third-order valence-corrected chi connectivity index (χ3v) is 3.97. The molecule has 0 bridgehead atoms. The van der Waals surface area contributed by atoms with Crippen LogP contribution in [0.5, 0.6) is 0 Å². The molecule has 4 heteroatoms. The molecule has 1 aliphatic carbocycles. The molecule has 0 saturated heterocycles. The zero-order chi connectivity index (χ0) is 14.8. The van der Waals surface area contributed by atoms with E-state index >= 15 is 0 Å². The Bertz CT molecular complexity index is 664. The van der Waals surface area contributed by atoms with E-state index in [2.05, 4.69) is 11.9 Å². The van der Waals surface area contributed by atoms with Crippen LogP contribution in [0.4, 0.5) is 5.82 Å². The quantitative estimate of drug-likeness (QED) is 0.916. The van der Waals surface area contributed by atoms with Gasteiger partial charge in [0.2, 0.25) is 0 Å². The molecule has 1 aromatic carbocycles. The predicted molar refractivity (Wildman–Crippen MR) is 85.1 cm³/mol. The van der Waals surface area contributed by atoms with E-state index in [9.17, 15) is 4.79 Å². The van der Waals surface area contributed by atoms with Gasteiger partial charge in [0.25, 0.3) is 5.91 Å². The lowest BCUT2D eigenvalue weighted by Gasteiger charge is -2.23. The first-order valence-electron chi connectivity index (χ1n) is 7.67. The van der Waals surface area contributed by atoms with Gasteiger partial charge < -0.3 is 10.6 Å².